The second-order valence-electron chi connectivity index (χ2n) is 6.46. The van der Waals surface area contributed by atoms with Crippen molar-refractivity contribution in [1.29, 1.82) is 0 Å². The molecule has 28 heavy (non-hydrogen) atoms. The van der Waals surface area contributed by atoms with Crippen molar-refractivity contribution in [1.82, 2.24) is 20.6 Å². The van der Waals surface area contributed by atoms with Crippen LogP contribution in [0.5, 0.6) is 5.88 Å². The summed E-state index contributed by atoms with van der Waals surface area (Å²) < 4.78 is 11.1. The molecule has 0 atom stereocenters. The smallest absolute Gasteiger partial charge is 0.226 e. The molecule has 0 aliphatic carbocycles. The van der Waals surface area contributed by atoms with E-state index < -0.39 is 0 Å². The molecule has 0 saturated heterocycles. The molecule has 0 bridgehead atoms. The number of nitrogens with one attached hydrogen (secondary N) is 2. The maximum absolute atomic E-state index is 5.55. The van der Waals surface area contributed by atoms with E-state index in [1.165, 1.54) is 0 Å². The van der Waals surface area contributed by atoms with E-state index in [2.05, 4.69) is 25.6 Å². The topological polar surface area (TPSA) is 84.6 Å². The number of aromatic nitrogens is 2. The van der Waals surface area contributed by atoms with Gasteiger partial charge in [-0.05, 0) is 31.5 Å². The van der Waals surface area contributed by atoms with E-state index in [4.69, 9.17) is 9.15 Å². The molecule has 7 heteroatoms. The molecule has 2 aromatic heterocycles. The van der Waals surface area contributed by atoms with E-state index in [-0.39, 0.29) is 6.10 Å². The lowest BCUT2D eigenvalue weighted by Gasteiger charge is -2.12. The van der Waals surface area contributed by atoms with Crippen LogP contribution in [0.3, 0.4) is 0 Å². The Kier molecular flexibility index (Phi) is 6.62. The molecule has 0 unspecified atom stereocenters. The molecule has 0 aliphatic rings. The minimum absolute atomic E-state index is 0.110. The van der Waals surface area contributed by atoms with Gasteiger partial charge in [-0.1, -0.05) is 24.3 Å². The molecule has 0 amide bonds. The molecule has 2 N–H and O–H groups in total. The van der Waals surface area contributed by atoms with Crippen LogP contribution in [0.1, 0.15) is 25.1 Å². The Balaban J connectivity index is 1.49. The van der Waals surface area contributed by atoms with Crippen molar-refractivity contribution in [2.45, 2.75) is 33.0 Å². The highest BCUT2D eigenvalue weighted by atomic mass is 16.5. The van der Waals surface area contributed by atoms with Crippen LogP contribution in [0.15, 0.2) is 64.3 Å². The molecule has 0 aliphatic heterocycles. The molecule has 3 rings (SSSR count). The van der Waals surface area contributed by atoms with E-state index in [1.807, 2.05) is 56.3 Å². The Bertz CT molecular complexity index is 889. The van der Waals surface area contributed by atoms with Gasteiger partial charge in [-0.3, -0.25) is 4.99 Å². The lowest BCUT2D eigenvalue weighted by molar-refractivity contribution is 0.232. The van der Waals surface area contributed by atoms with Gasteiger partial charge in [0.15, 0.2) is 5.96 Å². The lowest BCUT2D eigenvalue weighted by atomic mass is 10.2. The highest BCUT2D eigenvalue weighted by Crippen LogP contribution is 2.17. The van der Waals surface area contributed by atoms with Crippen molar-refractivity contribution in [2.24, 2.45) is 4.99 Å². The molecule has 0 spiro atoms. The summed E-state index contributed by atoms with van der Waals surface area (Å²) in [5.41, 5.74) is 2.79. The van der Waals surface area contributed by atoms with Gasteiger partial charge < -0.3 is 19.8 Å². The third kappa shape index (κ3) is 5.57. The number of ether oxygens (including phenoxy) is 1. The average Bonchev–Trinajstić information content (AvgIpc) is 3.19. The Hall–Kier alpha value is -3.35. The summed E-state index contributed by atoms with van der Waals surface area (Å²) in [4.78, 5) is 13.0. The maximum Gasteiger partial charge on any atom is 0.226 e. The van der Waals surface area contributed by atoms with Crippen LogP contribution < -0.4 is 15.4 Å². The van der Waals surface area contributed by atoms with E-state index in [0.717, 1.165) is 16.8 Å². The Morgan fingerprint density at radius 3 is 2.57 bits per heavy atom. The van der Waals surface area contributed by atoms with E-state index in [1.54, 1.807) is 19.5 Å². The van der Waals surface area contributed by atoms with Crippen molar-refractivity contribution in [2.75, 3.05) is 7.05 Å². The fourth-order valence-electron chi connectivity index (χ4n) is 2.51. The first-order valence-electron chi connectivity index (χ1n) is 9.20. The fourth-order valence-corrected chi connectivity index (χ4v) is 2.51. The fraction of sp³-hybridized carbons (Fsp3) is 0.286. The van der Waals surface area contributed by atoms with Crippen molar-refractivity contribution >= 4 is 5.96 Å². The molecule has 146 valence electrons. The monoisotopic (exact) mass is 379 g/mol. The second-order valence-corrected chi connectivity index (χ2v) is 6.46. The second kappa shape index (κ2) is 9.55. The van der Waals surface area contributed by atoms with Gasteiger partial charge in [-0.2, -0.15) is 0 Å². The largest absolute Gasteiger partial charge is 0.475 e. The number of oxazole rings is 1. The Morgan fingerprint density at radius 1 is 1.11 bits per heavy atom. The molecular weight excluding hydrogens is 354 g/mol. The van der Waals surface area contributed by atoms with Gasteiger partial charge in [-0.25, -0.2) is 9.97 Å². The first kappa shape index (κ1) is 19.4. The van der Waals surface area contributed by atoms with Crippen LogP contribution in [0.2, 0.25) is 0 Å². The van der Waals surface area contributed by atoms with Crippen molar-refractivity contribution in [3.8, 4) is 17.3 Å². The highest BCUT2D eigenvalue weighted by Gasteiger charge is 2.07. The van der Waals surface area contributed by atoms with Gasteiger partial charge in [0, 0.05) is 31.4 Å². The molecule has 7 nitrogen and oxygen atoms in total. The zero-order chi connectivity index (χ0) is 19.8. The summed E-state index contributed by atoms with van der Waals surface area (Å²) in [6.07, 6.45) is 3.56. The maximum atomic E-state index is 5.55. The molecule has 3 aromatic rings. The predicted octanol–water partition coefficient (Wildman–Crippen LogP) is 3.39. The number of aliphatic imine (C=N–C) groups is 1. The third-order valence-electron chi connectivity index (χ3n) is 3.85. The van der Waals surface area contributed by atoms with Gasteiger partial charge >= 0.3 is 0 Å². The van der Waals surface area contributed by atoms with Gasteiger partial charge in [-0.15, -0.1) is 0 Å². The van der Waals surface area contributed by atoms with Gasteiger partial charge in [0.25, 0.3) is 0 Å². The molecular formula is C21H25N5O2. The van der Waals surface area contributed by atoms with Crippen LogP contribution >= 0.6 is 0 Å². The minimum Gasteiger partial charge on any atom is -0.475 e. The zero-order valence-corrected chi connectivity index (χ0v) is 16.3. The van der Waals surface area contributed by atoms with Gasteiger partial charge in [0.05, 0.1) is 18.3 Å². The first-order valence-corrected chi connectivity index (χ1v) is 9.20. The molecule has 1 aromatic carbocycles. The van der Waals surface area contributed by atoms with E-state index >= 15 is 0 Å². The quantitative estimate of drug-likeness (QED) is 0.484. The van der Waals surface area contributed by atoms with Crippen LogP contribution in [0.25, 0.3) is 11.5 Å². The van der Waals surface area contributed by atoms with Crippen LogP contribution in [0, 0.1) is 0 Å². The normalized spacial score (nSPS) is 11.5. The standard InChI is InChI=1S/C21H25N5O2/c1-15(2)28-19-10-9-16(11-23-19)12-24-21(22-3)25-13-18-14-27-20(26-18)17-7-5-4-6-8-17/h4-11,14-15H,12-13H2,1-3H3,(H2,22,24,25). The summed E-state index contributed by atoms with van der Waals surface area (Å²) in [7, 11) is 1.73. The first-order chi connectivity index (χ1) is 13.6. The van der Waals surface area contributed by atoms with Gasteiger partial charge in [0.1, 0.15) is 6.26 Å². The Morgan fingerprint density at radius 2 is 1.89 bits per heavy atom. The van der Waals surface area contributed by atoms with Crippen molar-refractivity contribution in [3.63, 3.8) is 0 Å². The minimum atomic E-state index is 0.110. The van der Waals surface area contributed by atoms with Crippen LogP contribution in [-0.4, -0.2) is 29.1 Å². The number of hydrogen-bond donors (Lipinski definition) is 2. The van der Waals surface area contributed by atoms with Crippen molar-refractivity contribution < 1.29 is 9.15 Å². The summed E-state index contributed by atoms with van der Waals surface area (Å²) in [5, 5.41) is 6.48. The van der Waals surface area contributed by atoms with E-state index in [9.17, 15) is 0 Å². The lowest BCUT2D eigenvalue weighted by Crippen LogP contribution is -2.36. The summed E-state index contributed by atoms with van der Waals surface area (Å²) in [5.74, 6) is 1.91. The highest BCUT2D eigenvalue weighted by molar-refractivity contribution is 5.79. The summed E-state index contributed by atoms with van der Waals surface area (Å²) in [6.45, 7) is 5.06. The summed E-state index contributed by atoms with van der Waals surface area (Å²) in [6, 6.07) is 13.7. The predicted molar refractivity (Wildman–Crippen MR) is 109 cm³/mol. The SMILES string of the molecule is CN=C(NCc1ccc(OC(C)C)nc1)NCc1coc(-c2ccccc2)n1. The van der Waals surface area contributed by atoms with Gasteiger partial charge in [0.2, 0.25) is 11.8 Å². The number of hydrogen-bond acceptors (Lipinski definition) is 5. The Labute approximate surface area is 164 Å². The number of benzene rings is 1. The molecule has 0 radical (unpaired) electrons. The van der Waals surface area contributed by atoms with E-state index in [0.29, 0.717) is 30.8 Å². The third-order valence-corrected chi connectivity index (χ3v) is 3.85. The summed E-state index contributed by atoms with van der Waals surface area (Å²) >= 11 is 0. The number of nitrogens with zero attached hydrogens (tertiary/aromatic N) is 3. The number of rotatable bonds is 7. The molecule has 0 fully saturated rings. The number of pyridine rings is 1. The zero-order valence-electron chi connectivity index (χ0n) is 16.3. The molecule has 2 heterocycles. The van der Waals surface area contributed by atoms with Crippen LogP contribution in [0.4, 0.5) is 0 Å². The molecule has 0 saturated carbocycles. The number of guanidine groups is 1. The van der Waals surface area contributed by atoms with Crippen molar-refractivity contribution in [3.05, 3.63) is 66.2 Å². The average molecular weight is 379 g/mol. The van der Waals surface area contributed by atoms with Crippen LogP contribution in [-0.2, 0) is 13.1 Å².